The fourth-order valence-corrected chi connectivity index (χ4v) is 3.02. The Morgan fingerprint density at radius 1 is 1.39 bits per heavy atom. The molecule has 2 fully saturated rings. The van der Waals surface area contributed by atoms with Gasteiger partial charge >= 0.3 is 0 Å². The molecule has 2 rings (SSSR count). The first-order valence-corrected chi connectivity index (χ1v) is 6.84. The van der Waals surface area contributed by atoms with Crippen LogP contribution in [0.25, 0.3) is 0 Å². The number of rotatable bonds is 5. The maximum atomic E-state index is 12.1. The van der Waals surface area contributed by atoms with Gasteiger partial charge in [-0.15, -0.1) is 0 Å². The summed E-state index contributed by atoms with van der Waals surface area (Å²) < 4.78 is 5.33. The summed E-state index contributed by atoms with van der Waals surface area (Å²) in [6, 6.07) is 0.110. The first-order chi connectivity index (χ1) is 8.71. The van der Waals surface area contributed by atoms with Crippen molar-refractivity contribution in [2.45, 2.75) is 31.7 Å². The van der Waals surface area contributed by atoms with E-state index in [9.17, 15) is 9.90 Å². The summed E-state index contributed by atoms with van der Waals surface area (Å²) in [5.41, 5.74) is -0.0791. The molecule has 0 bridgehead atoms. The van der Waals surface area contributed by atoms with Crippen LogP contribution in [0.15, 0.2) is 0 Å². The van der Waals surface area contributed by atoms with Crippen LogP contribution in [0, 0.1) is 11.3 Å². The smallest absolute Gasteiger partial charge is 0.227 e. The minimum atomic E-state index is -0.104. The van der Waals surface area contributed by atoms with Crippen molar-refractivity contribution < 1.29 is 14.6 Å². The molecule has 1 aliphatic heterocycles. The Bertz CT molecular complexity index is 290. The predicted molar refractivity (Wildman–Crippen MR) is 68.2 cm³/mol. The summed E-state index contributed by atoms with van der Waals surface area (Å²) in [6.45, 7) is 1.85. The van der Waals surface area contributed by atoms with E-state index in [2.05, 4.69) is 10.6 Å². The van der Waals surface area contributed by atoms with E-state index in [1.165, 1.54) is 0 Å². The van der Waals surface area contributed by atoms with Crippen molar-refractivity contribution in [3.8, 4) is 0 Å². The first kappa shape index (κ1) is 13.8. The van der Waals surface area contributed by atoms with Gasteiger partial charge in [0, 0.05) is 18.0 Å². The number of likely N-dealkylation sites (N-methyl/N-ethyl adjacent to an activating group) is 1. The van der Waals surface area contributed by atoms with Gasteiger partial charge in [-0.25, -0.2) is 0 Å². The predicted octanol–water partition coefficient (Wildman–Crippen LogP) is -0.110. The molecule has 2 atom stereocenters. The monoisotopic (exact) mass is 256 g/mol. The highest BCUT2D eigenvalue weighted by Crippen LogP contribution is 2.36. The molecule has 5 nitrogen and oxygen atoms in total. The van der Waals surface area contributed by atoms with E-state index in [1.54, 1.807) is 0 Å². The lowest BCUT2D eigenvalue weighted by molar-refractivity contribution is -0.126. The SMILES string of the molecule is CNC1COCC1C(=O)NCC1(CO)CCCC1. The van der Waals surface area contributed by atoms with Gasteiger partial charge in [0.2, 0.25) is 5.91 Å². The molecule has 2 unspecified atom stereocenters. The Kier molecular flexibility index (Phi) is 4.59. The average Bonchev–Trinajstić information content (AvgIpc) is 3.05. The van der Waals surface area contributed by atoms with Crippen LogP contribution in [0.2, 0.25) is 0 Å². The minimum Gasteiger partial charge on any atom is -0.396 e. The Morgan fingerprint density at radius 2 is 2.11 bits per heavy atom. The van der Waals surface area contributed by atoms with Crippen LogP contribution in [-0.4, -0.2) is 50.5 Å². The lowest BCUT2D eigenvalue weighted by Crippen LogP contribution is -2.46. The second kappa shape index (κ2) is 5.99. The Hall–Kier alpha value is -0.650. The van der Waals surface area contributed by atoms with E-state index in [1.807, 2.05) is 7.05 Å². The van der Waals surface area contributed by atoms with Crippen LogP contribution >= 0.6 is 0 Å². The third-order valence-electron chi connectivity index (χ3n) is 4.43. The van der Waals surface area contributed by atoms with E-state index in [0.717, 1.165) is 25.7 Å². The summed E-state index contributed by atoms with van der Waals surface area (Å²) in [5.74, 6) is -0.0567. The molecule has 0 aromatic rings. The van der Waals surface area contributed by atoms with E-state index in [-0.39, 0.29) is 29.9 Å². The largest absolute Gasteiger partial charge is 0.396 e. The number of carbonyl (C=O) groups excluding carboxylic acids is 1. The Labute approximate surface area is 108 Å². The fraction of sp³-hybridized carbons (Fsp3) is 0.923. The molecule has 0 aromatic carbocycles. The van der Waals surface area contributed by atoms with Gasteiger partial charge < -0.3 is 20.5 Å². The van der Waals surface area contributed by atoms with Crippen LogP contribution in [0.5, 0.6) is 0 Å². The van der Waals surface area contributed by atoms with Gasteiger partial charge in [-0.3, -0.25) is 4.79 Å². The number of aliphatic hydroxyl groups excluding tert-OH is 1. The minimum absolute atomic E-state index is 0.0478. The summed E-state index contributed by atoms with van der Waals surface area (Å²) in [7, 11) is 1.85. The first-order valence-electron chi connectivity index (χ1n) is 6.84. The zero-order valence-electron chi connectivity index (χ0n) is 11.1. The molecular weight excluding hydrogens is 232 g/mol. The zero-order valence-corrected chi connectivity index (χ0v) is 11.1. The van der Waals surface area contributed by atoms with E-state index < -0.39 is 0 Å². The summed E-state index contributed by atoms with van der Waals surface area (Å²) in [4.78, 5) is 12.1. The van der Waals surface area contributed by atoms with Crippen LogP contribution in [0.1, 0.15) is 25.7 Å². The fourth-order valence-electron chi connectivity index (χ4n) is 3.02. The highest BCUT2D eigenvalue weighted by atomic mass is 16.5. The number of aliphatic hydroxyl groups is 1. The van der Waals surface area contributed by atoms with E-state index in [0.29, 0.717) is 19.8 Å². The lowest BCUT2D eigenvalue weighted by atomic mass is 9.87. The van der Waals surface area contributed by atoms with Crippen molar-refractivity contribution in [1.82, 2.24) is 10.6 Å². The maximum Gasteiger partial charge on any atom is 0.227 e. The zero-order chi connectivity index (χ0) is 13.0. The molecule has 0 radical (unpaired) electrons. The molecule has 1 aliphatic carbocycles. The molecule has 0 spiro atoms. The van der Waals surface area contributed by atoms with Crippen LogP contribution in [0.3, 0.4) is 0 Å². The second-order valence-corrected chi connectivity index (χ2v) is 5.62. The van der Waals surface area contributed by atoms with E-state index in [4.69, 9.17) is 4.74 Å². The topological polar surface area (TPSA) is 70.6 Å². The van der Waals surface area contributed by atoms with Crippen molar-refractivity contribution in [2.75, 3.05) is 33.4 Å². The number of amides is 1. The third kappa shape index (κ3) is 2.84. The quantitative estimate of drug-likeness (QED) is 0.642. The molecule has 2 aliphatic rings. The van der Waals surface area contributed by atoms with Crippen molar-refractivity contribution in [2.24, 2.45) is 11.3 Å². The summed E-state index contributed by atoms with van der Waals surface area (Å²) in [5, 5.41) is 15.6. The normalized spacial score (nSPS) is 30.6. The lowest BCUT2D eigenvalue weighted by Gasteiger charge is -2.27. The van der Waals surface area contributed by atoms with Gasteiger partial charge in [0.05, 0.1) is 25.7 Å². The molecule has 1 heterocycles. The maximum absolute atomic E-state index is 12.1. The molecule has 5 heteroatoms. The van der Waals surface area contributed by atoms with Gasteiger partial charge in [-0.05, 0) is 19.9 Å². The molecule has 0 aromatic heterocycles. The molecule has 18 heavy (non-hydrogen) atoms. The van der Waals surface area contributed by atoms with Crippen molar-refractivity contribution >= 4 is 5.91 Å². The van der Waals surface area contributed by atoms with E-state index >= 15 is 0 Å². The molecule has 104 valence electrons. The van der Waals surface area contributed by atoms with Gasteiger partial charge in [0.15, 0.2) is 0 Å². The van der Waals surface area contributed by atoms with Crippen molar-refractivity contribution in [1.29, 1.82) is 0 Å². The Morgan fingerprint density at radius 3 is 2.72 bits per heavy atom. The molecule has 1 amide bonds. The standard InChI is InChI=1S/C13H24N2O3/c1-14-11-7-18-6-10(11)12(17)15-8-13(9-16)4-2-3-5-13/h10-11,14,16H,2-9H2,1H3,(H,15,17). The summed E-state index contributed by atoms with van der Waals surface area (Å²) >= 11 is 0. The number of carbonyl (C=O) groups is 1. The van der Waals surface area contributed by atoms with Gasteiger partial charge in [0.25, 0.3) is 0 Å². The highest BCUT2D eigenvalue weighted by molar-refractivity contribution is 5.79. The number of nitrogens with one attached hydrogen (secondary N) is 2. The van der Waals surface area contributed by atoms with Crippen molar-refractivity contribution in [3.05, 3.63) is 0 Å². The van der Waals surface area contributed by atoms with Crippen LogP contribution in [0.4, 0.5) is 0 Å². The number of ether oxygens (including phenoxy) is 1. The van der Waals surface area contributed by atoms with Gasteiger partial charge in [0.1, 0.15) is 0 Å². The molecule has 1 saturated heterocycles. The van der Waals surface area contributed by atoms with Gasteiger partial charge in [-0.1, -0.05) is 12.8 Å². The summed E-state index contributed by atoms with van der Waals surface area (Å²) in [6.07, 6.45) is 4.34. The van der Waals surface area contributed by atoms with Crippen LogP contribution < -0.4 is 10.6 Å². The number of hydrogen-bond donors (Lipinski definition) is 3. The molecule has 3 N–H and O–H groups in total. The van der Waals surface area contributed by atoms with Crippen LogP contribution in [-0.2, 0) is 9.53 Å². The highest BCUT2D eigenvalue weighted by Gasteiger charge is 2.36. The third-order valence-corrected chi connectivity index (χ3v) is 4.43. The van der Waals surface area contributed by atoms with Crippen molar-refractivity contribution in [3.63, 3.8) is 0 Å². The van der Waals surface area contributed by atoms with Gasteiger partial charge in [-0.2, -0.15) is 0 Å². The Balaban J connectivity index is 1.84. The number of hydrogen-bond acceptors (Lipinski definition) is 4. The second-order valence-electron chi connectivity index (χ2n) is 5.62. The molecular formula is C13H24N2O3. The average molecular weight is 256 g/mol. The molecule has 1 saturated carbocycles.